The minimum absolute atomic E-state index is 0.0238. The Labute approximate surface area is 802 Å². The highest BCUT2D eigenvalue weighted by Crippen LogP contribution is 2.43. The van der Waals surface area contributed by atoms with Crippen LogP contribution in [-0.2, 0) is 60.9 Å². The number of aromatic nitrogens is 4. The Morgan fingerprint density at radius 1 is 0.652 bits per heavy atom. The number of nitrogens with one attached hydrogen (secondary N) is 2. The van der Waals surface area contributed by atoms with Crippen molar-refractivity contribution in [3.8, 4) is 39.7 Å². The number of carboxylic acid groups (broad SMARTS) is 1. The molecule has 1 saturated heterocycles. The predicted octanol–water partition coefficient (Wildman–Crippen LogP) is 20.1. The zero-order valence-electron chi connectivity index (χ0n) is 80.5. The number of aryl methyl sites for hydroxylation is 2. The van der Waals surface area contributed by atoms with Gasteiger partial charge in [0, 0.05) is 148 Å². The van der Waals surface area contributed by atoms with Gasteiger partial charge in [0.25, 0.3) is 5.91 Å². The Balaban J connectivity index is 0.000000232. The van der Waals surface area contributed by atoms with E-state index in [0.29, 0.717) is 92.4 Å². The van der Waals surface area contributed by atoms with Gasteiger partial charge in [0.1, 0.15) is 92.9 Å². The Morgan fingerprint density at radius 2 is 1.24 bits per heavy atom. The number of anilines is 1. The highest BCUT2D eigenvalue weighted by molar-refractivity contribution is 8.02. The zero-order chi connectivity index (χ0) is 100. The molecule has 3 atom stereocenters. The summed E-state index contributed by atoms with van der Waals surface area (Å²) >= 11 is 13.0. The van der Waals surface area contributed by atoms with E-state index in [4.69, 9.17) is 51.3 Å². The standard InChI is InChI=1S/C27H34O6.C26H22O5.C18H27Cl2NO.C18H25FN2O6.C15H18N4O2S/c1-18-22(31-5)15-20(16-23(18)32-6)11-10-19-12-13-21(17-28)24(14-19)33-26(30)9-7-8-25(29)27(2,3)4;1-14-5-8-18-21(11-14)31-22-13-16(27)7-10-19(22)23(18)17-9-6-15(12-20(17)25(29)30)24(28)26(2,3)4;1-18(2,3)17(22)6-4-5-15-7-9-16(10-8-15)21(13-11-19)14-12-20;1-10-20-17(25)11(19)8-21(10)15-7-12(13(9-22)26-15)27-16(24)6-5-14(23)18(2,3)4;1-15(2,3)11(21)5-4-10(20)6-7-22-14-12-13(17-8-16-12)18-9-19-14/h10-16,28H,7-9,17H2,1-6H3;5-13H,1-4H3,(H,29,30);7-10H,4-6,11-14H2,1-3H3;8,12-13,15,22H,1,5-7,9H2,2-4H3,(H,20,25);6-9H,4-5H2,1-3H3,(H,16,17,18,19)/b11-10-;;;;7-6-. The number of benzene rings is 6. The molecule has 0 spiro atoms. The molecule has 4 aliphatic rings. The van der Waals surface area contributed by atoms with Gasteiger partial charge in [-0.2, -0.15) is 4.39 Å². The summed E-state index contributed by atoms with van der Waals surface area (Å²) in [6.45, 7) is 36.2. The number of Topliss-reactive ketones (excluding diaryl/α,β-unsaturated/α-hetero) is 5. The number of thioether (sulfide) groups is 1. The summed E-state index contributed by atoms with van der Waals surface area (Å²) in [6, 6.07) is 32.5. The van der Waals surface area contributed by atoms with Crippen LogP contribution in [0.2, 0.25) is 0 Å². The molecular weight excluding hydrogens is 1790 g/mol. The number of fused-ring (bicyclic) bond motifs is 3. The van der Waals surface area contributed by atoms with Gasteiger partial charge in [-0.1, -0.05) is 183 Å². The van der Waals surface area contributed by atoms with Crippen LogP contribution in [-0.4, -0.2) is 163 Å². The molecule has 135 heavy (non-hydrogen) atoms. The van der Waals surface area contributed by atoms with Gasteiger partial charge in [-0.3, -0.25) is 47.9 Å². The largest absolute Gasteiger partial charge is 0.496 e. The number of alkyl halides is 2. The molecule has 7 aromatic rings. The fourth-order valence-electron chi connectivity index (χ4n) is 13.7. The van der Waals surface area contributed by atoms with E-state index in [1.54, 1.807) is 97.8 Å². The Hall–Kier alpha value is -11.9. The summed E-state index contributed by atoms with van der Waals surface area (Å²) < 4.78 is 46.8. The Morgan fingerprint density at radius 3 is 1.83 bits per heavy atom. The van der Waals surface area contributed by atoms with Crippen molar-refractivity contribution in [1.82, 2.24) is 30.2 Å². The maximum Gasteiger partial charge on any atom is 0.336 e. The number of rotatable bonds is 34. The number of hydrogen-bond acceptors (Lipinski definition) is 25. The molecule has 724 valence electrons. The number of aromatic carboxylic acids is 1. The molecule has 3 unspecified atom stereocenters. The number of imidazole rings is 1. The SMILES string of the molecule is C=C1NC(=O)C(F)=CN1C1CC(OC(=O)CCC(=O)C(C)(C)C)C(CO)O1.CC(C)(C)C(=O)CCC(=O)/C=C\Sc1ncnc2nc[nH]c12.CC(C)(C)C(=O)CCCc1ccc(N(CCCl)CCCl)cc1.COc1cc(/C=C\c2ccc(CO)c(OC(=O)CCCC(=O)C(C)(C)C)c2)cc(OC)c1C.Cc1ccc2c(-c3ccc(C(=O)C(C)(C)C)cc3C(=O)O)c3ccc(=O)cc-3oc2c1. The van der Waals surface area contributed by atoms with Gasteiger partial charge in [-0.15, -0.1) is 23.2 Å². The summed E-state index contributed by atoms with van der Waals surface area (Å²) in [5, 5.41) is 34.5. The van der Waals surface area contributed by atoms with Crippen LogP contribution in [0.1, 0.15) is 222 Å². The molecule has 11 rings (SSSR count). The van der Waals surface area contributed by atoms with Gasteiger partial charge in [0.15, 0.2) is 22.6 Å². The highest BCUT2D eigenvalue weighted by atomic mass is 35.5. The number of amides is 1. The number of hydrogen-bond donors (Lipinski definition) is 5. The third-order valence-electron chi connectivity index (χ3n) is 21.8. The summed E-state index contributed by atoms with van der Waals surface area (Å²) in [7, 11) is 3.23. The fourth-order valence-corrected chi connectivity index (χ4v) is 14.9. The van der Waals surface area contributed by atoms with E-state index in [2.05, 4.69) is 61.0 Å². The van der Waals surface area contributed by atoms with E-state index in [1.807, 2.05) is 125 Å². The lowest BCUT2D eigenvalue weighted by atomic mass is 9.84. The van der Waals surface area contributed by atoms with E-state index in [-0.39, 0.29) is 96.3 Å². The lowest BCUT2D eigenvalue weighted by molar-refractivity contribution is -0.154. The van der Waals surface area contributed by atoms with Crippen molar-refractivity contribution in [3.63, 3.8) is 0 Å². The third kappa shape index (κ3) is 33.0. The number of aliphatic hydroxyl groups excluding tert-OH is 2. The van der Waals surface area contributed by atoms with Crippen LogP contribution in [0.5, 0.6) is 17.2 Å². The molecule has 1 aliphatic carbocycles. The number of carbonyl (C=O) groups is 10. The van der Waals surface area contributed by atoms with Gasteiger partial charge in [-0.05, 0) is 127 Å². The van der Waals surface area contributed by atoms with Crippen LogP contribution in [0.4, 0.5) is 10.1 Å². The van der Waals surface area contributed by atoms with Gasteiger partial charge >= 0.3 is 17.9 Å². The quantitative estimate of drug-likeness (QED) is 0.00288. The second-order valence-electron chi connectivity index (χ2n) is 37.6. The smallest absolute Gasteiger partial charge is 0.336 e. The van der Waals surface area contributed by atoms with E-state index >= 15 is 0 Å². The van der Waals surface area contributed by atoms with Crippen molar-refractivity contribution in [1.29, 1.82) is 0 Å². The van der Waals surface area contributed by atoms with Crippen molar-refractivity contribution < 1.29 is 95.8 Å². The number of aromatic amines is 1. The number of H-pyrrole nitrogens is 1. The topological polar surface area (TPSA) is 381 Å². The van der Waals surface area contributed by atoms with Crippen LogP contribution in [0.25, 0.3) is 56.7 Å². The maximum absolute atomic E-state index is 13.6. The molecule has 1 amide bonds. The molecule has 1 fully saturated rings. The number of carboxylic acids is 1. The van der Waals surface area contributed by atoms with Crippen LogP contribution >= 0.6 is 35.0 Å². The molecule has 2 aromatic heterocycles. The second kappa shape index (κ2) is 50.1. The first kappa shape index (κ1) is 110. The molecule has 0 radical (unpaired) electrons. The molecule has 5 N–H and O–H groups in total. The van der Waals surface area contributed by atoms with Crippen LogP contribution in [0.3, 0.4) is 0 Å². The molecule has 5 heterocycles. The lowest BCUT2D eigenvalue weighted by Gasteiger charge is -2.31. The molecule has 0 saturated carbocycles. The number of ether oxygens (including phenoxy) is 5. The number of allylic oxidation sites excluding steroid dienone is 1. The first-order valence-corrected chi connectivity index (χ1v) is 46.3. The van der Waals surface area contributed by atoms with E-state index in [9.17, 15) is 72.4 Å². The summed E-state index contributed by atoms with van der Waals surface area (Å²) in [5.41, 5.74) is 8.13. The van der Waals surface area contributed by atoms with Crippen molar-refractivity contribution in [2.45, 2.75) is 218 Å². The van der Waals surface area contributed by atoms with Crippen molar-refractivity contribution >= 4 is 133 Å². The summed E-state index contributed by atoms with van der Waals surface area (Å²) in [5.74, 6) is -0.323. The number of nitrogens with zero attached hydrogens (tertiary/aromatic N) is 5. The number of carbonyl (C=O) groups excluding carboxylic acids is 9. The van der Waals surface area contributed by atoms with Crippen LogP contribution in [0, 0.1) is 40.9 Å². The van der Waals surface area contributed by atoms with Gasteiger partial charge in [-0.25, -0.2) is 19.7 Å². The third-order valence-corrected chi connectivity index (χ3v) is 23.0. The fraction of sp³-hybridized carbons (Fsp3) is 0.423. The number of methoxy groups -OCH3 is 2. The normalized spacial score (nSPS) is 14.5. The number of aliphatic hydroxyl groups is 2. The number of ketones is 6. The first-order valence-electron chi connectivity index (χ1n) is 44.4. The van der Waals surface area contributed by atoms with Crippen molar-refractivity contribution in [2.75, 3.05) is 50.6 Å². The molecule has 27 nitrogen and oxygen atoms in total. The van der Waals surface area contributed by atoms with Gasteiger partial charge in [0.2, 0.25) is 5.83 Å². The average molecular weight is 1920 g/mol. The number of esters is 2. The van der Waals surface area contributed by atoms with E-state index in [1.165, 1.54) is 52.8 Å². The summed E-state index contributed by atoms with van der Waals surface area (Å²) in [6.07, 6.45) is 10.9. The molecule has 3 aliphatic heterocycles. The highest BCUT2D eigenvalue weighted by Gasteiger charge is 2.42. The molecule has 31 heteroatoms. The predicted molar refractivity (Wildman–Crippen MR) is 525 cm³/mol. The summed E-state index contributed by atoms with van der Waals surface area (Å²) in [4.78, 5) is 151. The number of halogens is 3. The Kier molecular flexibility index (Phi) is 40.9. The minimum atomic E-state index is -1.13. The maximum atomic E-state index is 13.6. The second-order valence-corrected chi connectivity index (χ2v) is 39.3. The van der Waals surface area contributed by atoms with Gasteiger partial charge < -0.3 is 63.5 Å². The monoisotopic (exact) mass is 1910 g/mol. The van der Waals surface area contributed by atoms with Crippen LogP contribution < -0.4 is 29.9 Å². The minimum Gasteiger partial charge on any atom is -0.496 e. The lowest BCUT2D eigenvalue weighted by Crippen LogP contribution is -2.42. The zero-order valence-corrected chi connectivity index (χ0v) is 82.8. The van der Waals surface area contributed by atoms with Gasteiger partial charge in [0.05, 0.1) is 45.7 Å². The average Bonchev–Trinajstić information content (AvgIpc) is 1.00. The molecule has 5 aromatic carbocycles. The van der Waals surface area contributed by atoms with E-state index in [0.717, 1.165) is 82.5 Å². The molecule has 0 bridgehead atoms. The van der Waals surface area contributed by atoms with Crippen LogP contribution in [0.15, 0.2) is 172 Å². The molecular formula is C104H126Cl2FN7O20S. The Bertz CT molecular complexity index is 5820. The van der Waals surface area contributed by atoms with E-state index < -0.39 is 76.3 Å². The first-order chi connectivity index (χ1) is 63.4. The van der Waals surface area contributed by atoms with Crippen molar-refractivity contribution in [2.24, 2.45) is 27.1 Å². The van der Waals surface area contributed by atoms with Crippen molar-refractivity contribution in [3.05, 3.63) is 212 Å².